The summed E-state index contributed by atoms with van der Waals surface area (Å²) in [6, 6.07) is 12.9. The van der Waals surface area contributed by atoms with Crippen LogP contribution in [0.3, 0.4) is 0 Å². The maximum Gasteiger partial charge on any atom is 0.339 e. The second-order valence-electron chi connectivity index (χ2n) is 7.63. The molecule has 1 atom stereocenters. The van der Waals surface area contributed by atoms with Gasteiger partial charge >= 0.3 is 5.63 Å². The van der Waals surface area contributed by atoms with E-state index in [-0.39, 0.29) is 18.7 Å². The molecular formula is C24H22NO6-. The summed E-state index contributed by atoms with van der Waals surface area (Å²) in [5.74, 6) is -1.60. The van der Waals surface area contributed by atoms with Gasteiger partial charge in [-0.3, -0.25) is 4.79 Å². The predicted octanol–water partition coefficient (Wildman–Crippen LogP) is 1.53. The Labute approximate surface area is 178 Å². The minimum Gasteiger partial charge on any atom is -0.548 e. The van der Waals surface area contributed by atoms with Crippen LogP contribution in [0.15, 0.2) is 57.7 Å². The summed E-state index contributed by atoms with van der Waals surface area (Å²) in [4.78, 5) is 35.9. The van der Waals surface area contributed by atoms with E-state index in [1.807, 2.05) is 12.1 Å². The Balaban J connectivity index is 1.42. The summed E-state index contributed by atoms with van der Waals surface area (Å²) < 4.78 is 11.0. The molecule has 0 unspecified atom stereocenters. The van der Waals surface area contributed by atoms with Crippen LogP contribution in [-0.4, -0.2) is 24.5 Å². The van der Waals surface area contributed by atoms with Gasteiger partial charge in [-0.25, -0.2) is 4.79 Å². The SMILES string of the molecule is O=C(COc1ccc2c3c(c(=O)oc2c1)CCCC3)N[C@@H](Cc1ccccc1)C(=O)[O-]. The van der Waals surface area contributed by atoms with E-state index >= 15 is 0 Å². The summed E-state index contributed by atoms with van der Waals surface area (Å²) in [6.07, 6.45) is 3.70. The van der Waals surface area contributed by atoms with Crippen LogP contribution in [0, 0.1) is 0 Å². The Morgan fingerprint density at radius 1 is 1.06 bits per heavy atom. The van der Waals surface area contributed by atoms with Gasteiger partial charge in [0, 0.05) is 17.0 Å². The lowest BCUT2D eigenvalue weighted by atomic mass is 9.91. The van der Waals surface area contributed by atoms with Crippen molar-refractivity contribution >= 4 is 22.8 Å². The fourth-order valence-electron chi connectivity index (χ4n) is 3.94. The third-order valence-corrected chi connectivity index (χ3v) is 5.47. The number of hydrogen-bond donors (Lipinski definition) is 1. The van der Waals surface area contributed by atoms with Crippen LogP contribution in [0.25, 0.3) is 11.0 Å². The molecule has 0 saturated heterocycles. The van der Waals surface area contributed by atoms with Crippen LogP contribution >= 0.6 is 0 Å². The Bertz CT molecular complexity index is 1170. The molecule has 1 aliphatic rings. The quantitative estimate of drug-likeness (QED) is 0.581. The Morgan fingerprint density at radius 2 is 1.81 bits per heavy atom. The lowest BCUT2D eigenvalue weighted by molar-refractivity contribution is -0.308. The zero-order valence-electron chi connectivity index (χ0n) is 16.9. The molecule has 0 saturated carbocycles. The summed E-state index contributed by atoms with van der Waals surface area (Å²) in [6.45, 7) is -0.376. The van der Waals surface area contributed by atoms with Crippen molar-refractivity contribution in [2.75, 3.05) is 6.61 Å². The Kier molecular flexibility index (Phi) is 6.02. The molecule has 1 aromatic heterocycles. The van der Waals surface area contributed by atoms with Crippen molar-refractivity contribution in [3.05, 3.63) is 75.6 Å². The number of aryl methyl sites for hydroxylation is 1. The highest BCUT2D eigenvalue weighted by molar-refractivity contribution is 5.85. The fraction of sp³-hybridized carbons (Fsp3) is 0.292. The molecule has 0 spiro atoms. The molecule has 1 heterocycles. The van der Waals surface area contributed by atoms with Crippen molar-refractivity contribution in [2.24, 2.45) is 0 Å². The van der Waals surface area contributed by atoms with E-state index in [0.717, 1.165) is 47.8 Å². The fourth-order valence-corrected chi connectivity index (χ4v) is 3.94. The molecule has 2 aromatic carbocycles. The van der Waals surface area contributed by atoms with Gasteiger partial charge in [0.1, 0.15) is 11.3 Å². The van der Waals surface area contributed by atoms with Gasteiger partial charge in [-0.2, -0.15) is 0 Å². The first-order valence-electron chi connectivity index (χ1n) is 10.3. The molecule has 4 rings (SSSR count). The van der Waals surface area contributed by atoms with Crippen LogP contribution in [0.4, 0.5) is 0 Å². The smallest absolute Gasteiger partial charge is 0.339 e. The van der Waals surface area contributed by atoms with E-state index in [0.29, 0.717) is 11.3 Å². The molecule has 1 N–H and O–H groups in total. The summed E-state index contributed by atoms with van der Waals surface area (Å²) in [5.41, 5.74) is 2.64. The van der Waals surface area contributed by atoms with Gasteiger partial charge in [0.25, 0.3) is 5.91 Å². The molecule has 0 aliphatic heterocycles. The van der Waals surface area contributed by atoms with Crippen LogP contribution in [-0.2, 0) is 28.9 Å². The number of hydrogen-bond acceptors (Lipinski definition) is 6. The average molecular weight is 420 g/mol. The Morgan fingerprint density at radius 3 is 2.55 bits per heavy atom. The van der Waals surface area contributed by atoms with Crippen molar-refractivity contribution in [1.29, 1.82) is 0 Å². The second-order valence-corrected chi connectivity index (χ2v) is 7.63. The van der Waals surface area contributed by atoms with Gasteiger partial charge < -0.3 is 24.4 Å². The third-order valence-electron chi connectivity index (χ3n) is 5.47. The van der Waals surface area contributed by atoms with Crippen LogP contribution in [0.5, 0.6) is 5.75 Å². The zero-order chi connectivity index (χ0) is 21.8. The largest absolute Gasteiger partial charge is 0.548 e. The third kappa shape index (κ3) is 4.77. The first-order chi connectivity index (χ1) is 15.0. The molecule has 3 aromatic rings. The minimum atomic E-state index is -1.37. The highest BCUT2D eigenvalue weighted by Crippen LogP contribution is 2.29. The van der Waals surface area contributed by atoms with Crippen LogP contribution in [0.1, 0.15) is 29.5 Å². The molecule has 160 valence electrons. The van der Waals surface area contributed by atoms with Crippen molar-refractivity contribution < 1.29 is 23.8 Å². The number of fused-ring (bicyclic) bond motifs is 3. The van der Waals surface area contributed by atoms with Gasteiger partial charge in [0.15, 0.2) is 6.61 Å². The molecule has 1 amide bonds. The molecule has 1 aliphatic carbocycles. The number of benzene rings is 2. The van der Waals surface area contributed by atoms with E-state index < -0.39 is 17.9 Å². The lowest BCUT2D eigenvalue weighted by Gasteiger charge is -2.20. The van der Waals surface area contributed by atoms with Crippen molar-refractivity contribution in [1.82, 2.24) is 5.32 Å². The van der Waals surface area contributed by atoms with Gasteiger partial charge in [-0.05, 0) is 55.4 Å². The number of carboxylic acid groups (broad SMARTS) is 1. The van der Waals surface area contributed by atoms with E-state index in [9.17, 15) is 19.5 Å². The molecule has 0 bridgehead atoms. The average Bonchev–Trinajstić information content (AvgIpc) is 2.78. The zero-order valence-corrected chi connectivity index (χ0v) is 16.9. The summed E-state index contributed by atoms with van der Waals surface area (Å²) >= 11 is 0. The van der Waals surface area contributed by atoms with E-state index in [2.05, 4.69) is 5.32 Å². The van der Waals surface area contributed by atoms with Crippen molar-refractivity contribution in [3.8, 4) is 5.75 Å². The number of carbonyl (C=O) groups excluding carboxylic acids is 2. The standard InChI is InChI=1S/C24H23NO6/c26-22(25-20(23(27)28)12-15-6-2-1-3-7-15)14-30-16-10-11-18-17-8-4-5-9-19(17)24(29)31-21(18)13-16/h1-3,6-7,10-11,13,20H,4-5,8-9,12,14H2,(H,25,26)(H,27,28)/p-1/t20-/m0/s1. The minimum absolute atomic E-state index is 0.112. The van der Waals surface area contributed by atoms with E-state index in [4.69, 9.17) is 9.15 Å². The molecule has 0 fully saturated rings. The number of nitrogens with one attached hydrogen (secondary N) is 1. The van der Waals surface area contributed by atoms with Gasteiger partial charge in [0.05, 0.1) is 12.0 Å². The highest BCUT2D eigenvalue weighted by Gasteiger charge is 2.19. The maximum atomic E-state index is 12.3. The monoisotopic (exact) mass is 420 g/mol. The molecule has 31 heavy (non-hydrogen) atoms. The Hall–Kier alpha value is -3.61. The molecule has 0 radical (unpaired) electrons. The first kappa shape index (κ1) is 20.7. The predicted molar refractivity (Wildman–Crippen MR) is 112 cm³/mol. The van der Waals surface area contributed by atoms with Crippen molar-refractivity contribution in [3.63, 3.8) is 0 Å². The van der Waals surface area contributed by atoms with E-state index in [1.165, 1.54) is 0 Å². The number of ether oxygens (including phenoxy) is 1. The lowest BCUT2D eigenvalue weighted by Crippen LogP contribution is -2.50. The maximum absolute atomic E-state index is 12.3. The summed E-state index contributed by atoms with van der Waals surface area (Å²) in [7, 11) is 0. The van der Waals surface area contributed by atoms with Gasteiger partial charge in [0.2, 0.25) is 0 Å². The molecular weight excluding hydrogens is 398 g/mol. The molecule has 7 heteroatoms. The number of carbonyl (C=O) groups is 2. The number of amides is 1. The topological polar surface area (TPSA) is 109 Å². The van der Waals surface area contributed by atoms with Crippen LogP contribution < -0.4 is 20.8 Å². The highest BCUT2D eigenvalue weighted by atomic mass is 16.5. The van der Waals surface area contributed by atoms with Crippen molar-refractivity contribution in [2.45, 2.75) is 38.1 Å². The number of rotatable bonds is 7. The van der Waals surface area contributed by atoms with Gasteiger partial charge in [-0.15, -0.1) is 0 Å². The van der Waals surface area contributed by atoms with E-state index in [1.54, 1.807) is 36.4 Å². The van der Waals surface area contributed by atoms with Gasteiger partial charge in [-0.1, -0.05) is 30.3 Å². The second kappa shape index (κ2) is 9.04. The number of aliphatic carboxylic acids is 1. The molecule has 7 nitrogen and oxygen atoms in total. The normalized spacial score (nSPS) is 13.9. The van der Waals surface area contributed by atoms with Crippen LogP contribution in [0.2, 0.25) is 0 Å². The number of carboxylic acids is 1. The first-order valence-corrected chi connectivity index (χ1v) is 10.3. The summed E-state index contributed by atoms with van der Waals surface area (Å²) in [5, 5.41) is 14.7.